The summed E-state index contributed by atoms with van der Waals surface area (Å²) in [5.74, 6) is 0. The van der Waals surface area contributed by atoms with E-state index in [0.717, 1.165) is 55.2 Å². The van der Waals surface area contributed by atoms with Gasteiger partial charge in [-0.05, 0) is 37.2 Å². The Bertz CT molecular complexity index is 962. The van der Waals surface area contributed by atoms with Gasteiger partial charge in [0.1, 0.15) is 0 Å². The third kappa shape index (κ3) is 3.76. The lowest BCUT2D eigenvalue weighted by molar-refractivity contribution is 0.316. The van der Waals surface area contributed by atoms with Crippen LogP contribution in [0.1, 0.15) is 35.5 Å². The molecule has 2 aliphatic heterocycles. The Morgan fingerprint density at radius 3 is 2.44 bits per heavy atom. The van der Waals surface area contributed by atoms with E-state index in [1.807, 2.05) is 16.2 Å². The highest BCUT2D eigenvalue weighted by Gasteiger charge is 2.18. The van der Waals surface area contributed by atoms with Crippen LogP contribution in [-0.2, 0) is 32.7 Å². The second-order valence-electron chi connectivity index (χ2n) is 7.65. The van der Waals surface area contributed by atoms with Crippen molar-refractivity contribution in [1.29, 1.82) is 0 Å². The summed E-state index contributed by atoms with van der Waals surface area (Å²) in [5.41, 5.74) is 4.27. The highest BCUT2D eigenvalue weighted by molar-refractivity contribution is 5.22. The molecule has 0 radical (unpaired) electrons. The van der Waals surface area contributed by atoms with Crippen LogP contribution in [0.25, 0.3) is 0 Å². The number of pyridine rings is 2. The SMILES string of the molecule is C[C@@H]1NCCn2c1cc(CN(C)Cc1cc3n(c(=O)c1)CCNC3)cc2=O. The summed E-state index contributed by atoms with van der Waals surface area (Å²) in [6, 6.07) is 7.89. The summed E-state index contributed by atoms with van der Waals surface area (Å²) in [7, 11) is 2.02. The summed E-state index contributed by atoms with van der Waals surface area (Å²) < 4.78 is 3.71. The zero-order chi connectivity index (χ0) is 19.0. The highest BCUT2D eigenvalue weighted by atomic mass is 16.1. The molecule has 0 aliphatic carbocycles. The van der Waals surface area contributed by atoms with Crippen molar-refractivity contribution in [2.45, 2.75) is 45.7 Å². The first-order valence-corrected chi connectivity index (χ1v) is 9.60. The second kappa shape index (κ2) is 7.42. The van der Waals surface area contributed by atoms with E-state index >= 15 is 0 Å². The van der Waals surface area contributed by atoms with Crippen molar-refractivity contribution in [1.82, 2.24) is 24.7 Å². The van der Waals surface area contributed by atoms with E-state index in [4.69, 9.17) is 0 Å². The minimum Gasteiger partial charge on any atom is -0.310 e. The van der Waals surface area contributed by atoms with Gasteiger partial charge in [0.2, 0.25) is 0 Å². The number of nitrogens with zero attached hydrogens (tertiary/aromatic N) is 3. The van der Waals surface area contributed by atoms with Crippen molar-refractivity contribution in [3.05, 3.63) is 67.5 Å². The maximum atomic E-state index is 12.4. The number of fused-ring (bicyclic) bond motifs is 2. The second-order valence-corrected chi connectivity index (χ2v) is 7.65. The van der Waals surface area contributed by atoms with Crippen LogP contribution in [-0.4, -0.2) is 34.2 Å². The zero-order valence-electron chi connectivity index (χ0n) is 16.0. The van der Waals surface area contributed by atoms with Gasteiger partial charge in [-0.3, -0.25) is 14.5 Å². The lowest BCUT2D eigenvalue weighted by atomic mass is 10.1. The van der Waals surface area contributed by atoms with Crippen LogP contribution in [0, 0.1) is 0 Å². The molecule has 0 saturated carbocycles. The van der Waals surface area contributed by atoms with Gasteiger partial charge in [0.25, 0.3) is 11.1 Å². The van der Waals surface area contributed by atoms with Crippen molar-refractivity contribution in [2.24, 2.45) is 0 Å². The summed E-state index contributed by atoms with van der Waals surface area (Å²) >= 11 is 0. The molecular weight excluding hydrogens is 342 g/mol. The summed E-state index contributed by atoms with van der Waals surface area (Å²) in [5, 5.41) is 6.72. The first-order chi connectivity index (χ1) is 13.0. The molecule has 0 saturated heterocycles. The fraction of sp³-hybridized carbons (Fsp3) is 0.500. The molecule has 0 unspecified atom stereocenters. The molecule has 7 heteroatoms. The highest BCUT2D eigenvalue weighted by Crippen LogP contribution is 2.17. The Balaban J connectivity index is 1.52. The average Bonchev–Trinajstić information content (AvgIpc) is 2.63. The van der Waals surface area contributed by atoms with E-state index in [1.165, 1.54) is 0 Å². The smallest absolute Gasteiger partial charge is 0.251 e. The normalized spacial score (nSPS) is 19.0. The average molecular weight is 369 g/mol. The molecule has 7 nitrogen and oxygen atoms in total. The Morgan fingerprint density at radius 2 is 1.67 bits per heavy atom. The molecule has 4 heterocycles. The van der Waals surface area contributed by atoms with Gasteiger partial charge < -0.3 is 19.8 Å². The van der Waals surface area contributed by atoms with Gasteiger partial charge in [-0.15, -0.1) is 0 Å². The summed E-state index contributed by atoms with van der Waals surface area (Å²) in [6.07, 6.45) is 0. The molecule has 0 fully saturated rings. The zero-order valence-corrected chi connectivity index (χ0v) is 16.0. The lowest BCUT2D eigenvalue weighted by Crippen LogP contribution is -2.38. The Hall–Kier alpha value is -2.22. The number of rotatable bonds is 4. The van der Waals surface area contributed by atoms with Crippen LogP contribution in [0.3, 0.4) is 0 Å². The van der Waals surface area contributed by atoms with Gasteiger partial charge in [-0.2, -0.15) is 0 Å². The van der Waals surface area contributed by atoms with E-state index in [9.17, 15) is 9.59 Å². The van der Waals surface area contributed by atoms with E-state index in [0.29, 0.717) is 13.1 Å². The molecule has 0 aromatic carbocycles. The van der Waals surface area contributed by atoms with E-state index < -0.39 is 0 Å². The quantitative estimate of drug-likeness (QED) is 0.817. The Kier molecular flexibility index (Phi) is 4.99. The van der Waals surface area contributed by atoms with Gasteiger partial charge in [0.05, 0.1) is 0 Å². The third-order valence-corrected chi connectivity index (χ3v) is 5.45. The minimum atomic E-state index is 0.0716. The van der Waals surface area contributed by atoms with E-state index in [1.54, 1.807) is 12.1 Å². The van der Waals surface area contributed by atoms with Crippen LogP contribution >= 0.6 is 0 Å². The van der Waals surface area contributed by atoms with Crippen molar-refractivity contribution in [3.63, 3.8) is 0 Å². The maximum absolute atomic E-state index is 12.4. The van der Waals surface area contributed by atoms with Crippen LogP contribution in [0.15, 0.2) is 33.9 Å². The molecule has 2 N–H and O–H groups in total. The van der Waals surface area contributed by atoms with Gasteiger partial charge in [-0.1, -0.05) is 0 Å². The molecule has 1 atom stereocenters. The molecule has 4 rings (SSSR count). The number of hydrogen-bond donors (Lipinski definition) is 2. The molecule has 2 aromatic rings. The van der Waals surface area contributed by atoms with Crippen molar-refractivity contribution in [3.8, 4) is 0 Å². The first kappa shape index (κ1) is 18.2. The molecule has 0 amide bonds. The molecule has 144 valence electrons. The van der Waals surface area contributed by atoms with Gasteiger partial charge in [0, 0.05) is 75.4 Å². The van der Waals surface area contributed by atoms with Crippen molar-refractivity contribution < 1.29 is 0 Å². The molecule has 27 heavy (non-hydrogen) atoms. The molecule has 0 bridgehead atoms. The Labute approximate surface area is 158 Å². The van der Waals surface area contributed by atoms with Crippen LogP contribution in [0.5, 0.6) is 0 Å². The molecular formula is C20H27N5O2. The third-order valence-electron chi connectivity index (χ3n) is 5.45. The fourth-order valence-corrected chi connectivity index (χ4v) is 4.15. The van der Waals surface area contributed by atoms with Crippen molar-refractivity contribution >= 4 is 0 Å². The van der Waals surface area contributed by atoms with Gasteiger partial charge in [0.15, 0.2) is 0 Å². The van der Waals surface area contributed by atoms with E-state index in [-0.39, 0.29) is 17.2 Å². The van der Waals surface area contributed by atoms with Gasteiger partial charge >= 0.3 is 0 Å². The predicted molar refractivity (Wildman–Crippen MR) is 105 cm³/mol. The monoisotopic (exact) mass is 369 g/mol. The van der Waals surface area contributed by atoms with Crippen LogP contribution < -0.4 is 21.8 Å². The largest absolute Gasteiger partial charge is 0.310 e. The van der Waals surface area contributed by atoms with Crippen LogP contribution in [0.2, 0.25) is 0 Å². The fourth-order valence-electron chi connectivity index (χ4n) is 4.15. The lowest BCUT2D eigenvalue weighted by Gasteiger charge is -2.27. The first-order valence-electron chi connectivity index (χ1n) is 9.60. The van der Waals surface area contributed by atoms with E-state index in [2.05, 4.69) is 34.6 Å². The van der Waals surface area contributed by atoms with Gasteiger partial charge in [-0.25, -0.2) is 0 Å². The Morgan fingerprint density at radius 1 is 1.00 bits per heavy atom. The topological polar surface area (TPSA) is 71.3 Å². The standard InChI is InChI=1S/C20H27N5O2/c1-14-18-8-16(10-20(27)25(18)6-4-22-14)13-23(2)12-15-7-17-11-21-3-5-24(17)19(26)9-15/h7-10,14,21-22H,3-6,11-13H2,1-2H3/t14-/m0/s1. The summed E-state index contributed by atoms with van der Waals surface area (Å²) in [6.45, 7) is 7.30. The van der Waals surface area contributed by atoms with Crippen molar-refractivity contribution in [2.75, 3.05) is 20.1 Å². The molecule has 2 aliphatic rings. The number of nitrogens with one attached hydrogen (secondary N) is 2. The van der Waals surface area contributed by atoms with Crippen LogP contribution in [0.4, 0.5) is 0 Å². The molecule has 0 spiro atoms. The number of aromatic nitrogens is 2. The minimum absolute atomic E-state index is 0.0716. The maximum Gasteiger partial charge on any atom is 0.251 e. The molecule has 2 aromatic heterocycles. The summed E-state index contributed by atoms with van der Waals surface area (Å²) in [4.78, 5) is 26.9. The predicted octanol–water partition coefficient (Wildman–Crippen LogP) is 0.409. The number of hydrogen-bond acceptors (Lipinski definition) is 5.